The van der Waals surface area contributed by atoms with Gasteiger partial charge in [0.05, 0.1) is 0 Å². The van der Waals surface area contributed by atoms with Gasteiger partial charge in [0.25, 0.3) is 0 Å². The zero-order valence-corrected chi connectivity index (χ0v) is 4.66. The van der Waals surface area contributed by atoms with E-state index in [1.54, 1.807) is 0 Å². The van der Waals surface area contributed by atoms with Crippen molar-refractivity contribution in [3.63, 3.8) is 0 Å². The molecule has 0 saturated carbocycles. The summed E-state index contributed by atoms with van der Waals surface area (Å²) in [6.07, 6.45) is -10.9. The lowest BCUT2D eigenvalue weighted by atomic mass is 10.2. The van der Waals surface area contributed by atoms with E-state index < -0.39 is 18.0 Å². The Morgan fingerprint density at radius 3 is 1.00 bits per heavy atom. The second kappa shape index (κ2) is 1.67. The van der Waals surface area contributed by atoms with Crippen molar-refractivity contribution in [3.8, 4) is 0 Å². The first kappa shape index (κ1) is 8.28. The summed E-state index contributed by atoms with van der Waals surface area (Å²) in [6, 6.07) is 0. The molecule has 1 rings (SSSR count). The van der Waals surface area contributed by atoms with Crippen molar-refractivity contribution in [1.82, 2.24) is 0 Å². The number of hydrogen-bond donors (Lipinski definition) is 0. The van der Waals surface area contributed by atoms with E-state index in [0.717, 1.165) is 0 Å². The molecule has 0 atom stereocenters. The van der Waals surface area contributed by atoms with E-state index in [1.807, 2.05) is 10.2 Å². The lowest BCUT2D eigenvalue weighted by molar-refractivity contribution is -0.269. The zero-order chi connectivity index (χ0) is 8.91. The quantitative estimate of drug-likeness (QED) is 0.508. The molecule has 0 unspecified atom stereocenters. The Morgan fingerprint density at radius 2 is 1.00 bits per heavy atom. The maximum absolute atomic E-state index is 11.5. The molecule has 64 valence electrons. The molecule has 0 bridgehead atoms. The molecule has 0 aromatic carbocycles. The molecule has 2 nitrogen and oxygen atoms in total. The molecular weight excluding hydrogens is 178 g/mol. The van der Waals surface area contributed by atoms with Crippen LogP contribution in [0.5, 0.6) is 0 Å². The molecule has 0 N–H and O–H groups in total. The summed E-state index contributed by atoms with van der Waals surface area (Å²) in [6.45, 7) is 0. The highest BCUT2D eigenvalue weighted by molar-refractivity contribution is 5.06. The van der Waals surface area contributed by atoms with Gasteiger partial charge < -0.3 is 0 Å². The van der Waals surface area contributed by atoms with Crippen molar-refractivity contribution in [2.45, 2.75) is 18.0 Å². The van der Waals surface area contributed by atoms with Crippen molar-refractivity contribution in [2.75, 3.05) is 0 Å². The SMILES string of the molecule is FC(F)(F)C1(C(F)(F)F)N=N1. The van der Waals surface area contributed by atoms with Crippen LogP contribution < -0.4 is 0 Å². The van der Waals surface area contributed by atoms with E-state index in [-0.39, 0.29) is 0 Å². The Morgan fingerprint density at radius 1 is 0.727 bits per heavy atom. The highest BCUT2D eigenvalue weighted by Crippen LogP contribution is 2.54. The second-order valence-corrected chi connectivity index (χ2v) is 1.87. The van der Waals surface area contributed by atoms with Crippen LogP contribution in [0.1, 0.15) is 0 Å². The smallest absolute Gasteiger partial charge is 0.166 e. The van der Waals surface area contributed by atoms with Crippen molar-refractivity contribution in [1.29, 1.82) is 0 Å². The molecule has 0 aromatic heterocycles. The van der Waals surface area contributed by atoms with Gasteiger partial charge in [0, 0.05) is 0 Å². The molecule has 0 fully saturated rings. The fraction of sp³-hybridized carbons (Fsp3) is 1.00. The molecule has 0 aromatic rings. The minimum atomic E-state index is -5.47. The van der Waals surface area contributed by atoms with Gasteiger partial charge in [0.15, 0.2) is 0 Å². The molecule has 8 heteroatoms. The lowest BCUT2D eigenvalue weighted by Crippen LogP contribution is -2.46. The van der Waals surface area contributed by atoms with E-state index in [2.05, 4.69) is 0 Å². The van der Waals surface area contributed by atoms with Gasteiger partial charge in [-0.15, -0.1) is 10.2 Å². The van der Waals surface area contributed by atoms with Crippen LogP contribution in [0.3, 0.4) is 0 Å². The largest absolute Gasteiger partial charge is 0.447 e. The van der Waals surface area contributed by atoms with Gasteiger partial charge >= 0.3 is 18.0 Å². The van der Waals surface area contributed by atoms with Crippen molar-refractivity contribution < 1.29 is 26.3 Å². The molecule has 1 aliphatic heterocycles. The summed E-state index contributed by atoms with van der Waals surface area (Å²) in [5.41, 5.74) is -4.12. The Kier molecular flexibility index (Phi) is 1.26. The normalized spacial score (nSPS) is 22.0. The fourth-order valence-electron chi connectivity index (χ4n) is 0.437. The van der Waals surface area contributed by atoms with E-state index in [9.17, 15) is 26.3 Å². The van der Waals surface area contributed by atoms with Gasteiger partial charge in [-0.25, -0.2) is 0 Å². The highest BCUT2D eigenvalue weighted by atomic mass is 19.4. The average Bonchev–Trinajstić information content (AvgIpc) is 2.31. The van der Waals surface area contributed by atoms with Crippen molar-refractivity contribution in [3.05, 3.63) is 0 Å². The molecule has 0 saturated heterocycles. The molecular formula is C3F6N2. The van der Waals surface area contributed by atoms with Gasteiger partial charge in [0.1, 0.15) is 0 Å². The van der Waals surface area contributed by atoms with Gasteiger partial charge in [-0.1, -0.05) is 0 Å². The van der Waals surface area contributed by atoms with Gasteiger partial charge in [-0.2, -0.15) is 26.3 Å². The van der Waals surface area contributed by atoms with Crippen LogP contribution >= 0.6 is 0 Å². The van der Waals surface area contributed by atoms with E-state index >= 15 is 0 Å². The Hall–Kier alpha value is -0.820. The third-order valence-corrected chi connectivity index (χ3v) is 1.09. The summed E-state index contributed by atoms with van der Waals surface area (Å²) in [5.74, 6) is 0. The molecule has 11 heavy (non-hydrogen) atoms. The average molecular weight is 178 g/mol. The van der Waals surface area contributed by atoms with Crippen molar-refractivity contribution >= 4 is 0 Å². The summed E-state index contributed by atoms with van der Waals surface area (Å²) >= 11 is 0. The van der Waals surface area contributed by atoms with E-state index in [4.69, 9.17) is 0 Å². The van der Waals surface area contributed by atoms with Crippen LogP contribution in [0.4, 0.5) is 26.3 Å². The first-order chi connectivity index (χ1) is 4.71. The number of halogens is 6. The molecule has 1 heterocycles. The topological polar surface area (TPSA) is 24.7 Å². The standard InChI is InChI=1S/C3F6N2/c4-2(5,6)1(10-11-1)3(7,8)9. The monoisotopic (exact) mass is 178 g/mol. The first-order valence-corrected chi connectivity index (χ1v) is 2.28. The second-order valence-electron chi connectivity index (χ2n) is 1.87. The predicted molar refractivity (Wildman–Crippen MR) is 19.7 cm³/mol. The van der Waals surface area contributed by atoms with Gasteiger partial charge in [-0.3, -0.25) is 0 Å². The first-order valence-electron chi connectivity index (χ1n) is 2.28. The molecule has 1 aliphatic rings. The Balaban J connectivity index is 2.86. The van der Waals surface area contributed by atoms with Crippen LogP contribution in [0.25, 0.3) is 0 Å². The van der Waals surface area contributed by atoms with Crippen LogP contribution in [0.2, 0.25) is 0 Å². The number of nitrogens with zero attached hydrogens (tertiary/aromatic N) is 2. The third kappa shape index (κ3) is 0.962. The van der Waals surface area contributed by atoms with Crippen molar-refractivity contribution in [2.24, 2.45) is 10.2 Å². The molecule has 0 radical (unpaired) electrons. The molecule has 0 amide bonds. The summed E-state index contributed by atoms with van der Waals surface area (Å²) in [7, 11) is 0. The number of alkyl halides is 6. The van der Waals surface area contributed by atoms with Crippen LogP contribution in [0, 0.1) is 0 Å². The number of rotatable bonds is 0. The van der Waals surface area contributed by atoms with Crippen LogP contribution in [0.15, 0.2) is 10.2 Å². The van der Waals surface area contributed by atoms with Crippen LogP contribution in [-0.4, -0.2) is 18.0 Å². The van der Waals surface area contributed by atoms with Gasteiger partial charge in [-0.05, 0) is 0 Å². The lowest BCUT2D eigenvalue weighted by Gasteiger charge is -2.16. The Bertz CT molecular complexity index is 177. The fourth-order valence-corrected chi connectivity index (χ4v) is 0.437. The maximum atomic E-state index is 11.5. The number of hydrogen-bond acceptors (Lipinski definition) is 2. The van der Waals surface area contributed by atoms with E-state index in [0.29, 0.717) is 0 Å². The zero-order valence-electron chi connectivity index (χ0n) is 4.66. The predicted octanol–water partition coefficient (Wildman–Crippen LogP) is 2.27. The summed E-state index contributed by atoms with van der Waals surface area (Å²) in [5, 5.41) is 3.90. The van der Waals surface area contributed by atoms with Crippen LogP contribution in [-0.2, 0) is 0 Å². The Labute approximate surface area is 55.9 Å². The molecule has 0 aliphatic carbocycles. The highest BCUT2D eigenvalue weighted by Gasteiger charge is 2.79. The third-order valence-electron chi connectivity index (χ3n) is 1.09. The summed E-state index contributed by atoms with van der Waals surface area (Å²) < 4.78 is 68.9. The summed E-state index contributed by atoms with van der Waals surface area (Å²) in [4.78, 5) is 0. The maximum Gasteiger partial charge on any atom is 0.447 e. The minimum absolute atomic E-state index is 1.95. The van der Waals surface area contributed by atoms with E-state index in [1.165, 1.54) is 0 Å². The minimum Gasteiger partial charge on any atom is -0.166 e. The molecule has 0 spiro atoms. The van der Waals surface area contributed by atoms with Gasteiger partial charge in [0.2, 0.25) is 0 Å².